The van der Waals surface area contributed by atoms with E-state index in [4.69, 9.17) is 0 Å². The van der Waals surface area contributed by atoms with E-state index in [9.17, 15) is 22.8 Å². The maximum absolute atomic E-state index is 12.8. The third-order valence-corrected chi connectivity index (χ3v) is 3.28. The Morgan fingerprint density at radius 3 is 2.00 bits per heavy atom. The first-order valence-electron chi connectivity index (χ1n) is 6.53. The van der Waals surface area contributed by atoms with Crippen LogP contribution in [0, 0.1) is 6.92 Å². The smallest absolute Gasteiger partial charge is 0.294 e. The van der Waals surface area contributed by atoms with Gasteiger partial charge in [0, 0.05) is 16.7 Å². The Kier molecular flexibility index (Phi) is 4.17. The van der Waals surface area contributed by atoms with Crippen LogP contribution >= 0.6 is 0 Å². The van der Waals surface area contributed by atoms with Crippen molar-refractivity contribution >= 4 is 11.6 Å². The van der Waals surface area contributed by atoms with Crippen molar-refractivity contribution in [2.75, 3.05) is 0 Å². The molecule has 0 spiro atoms. The first-order chi connectivity index (χ1) is 10.2. The lowest BCUT2D eigenvalue weighted by Gasteiger charge is -2.11. The lowest BCUT2D eigenvalue weighted by molar-refractivity contribution is -0.137. The number of halogens is 3. The van der Waals surface area contributed by atoms with Crippen molar-refractivity contribution < 1.29 is 22.8 Å². The number of benzene rings is 2. The topological polar surface area (TPSA) is 34.1 Å². The molecular formula is C17H13F3O2. The maximum atomic E-state index is 12.8. The molecule has 0 amide bonds. The van der Waals surface area contributed by atoms with E-state index in [1.165, 1.54) is 19.1 Å². The monoisotopic (exact) mass is 306 g/mol. The normalized spacial score (nSPS) is 11.3. The molecule has 2 rings (SSSR count). The van der Waals surface area contributed by atoms with Crippen LogP contribution in [-0.4, -0.2) is 11.6 Å². The largest absolute Gasteiger partial charge is 0.416 e. The highest BCUT2D eigenvalue weighted by Gasteiger charge is 2.32. The molecule has 22 heavy (non-hydrogen) atoms. The van der Waals surface area contributed by atoms with Gasteiger partial charge in [-0.25, -0.2) is 0 Å². The minimum Gasteiger partial charge on any atom is -0.294 e. The summed E-state index contributed by atoms with van der Waals surface area (Å²) in [5, 5.41) is 0. The summed E-state index contributed by atoms with van der Waals surface area (Å²) in [6.07, 6.45) is -4.57. The molecule has 0 aliphatic heterocycles. The molecule has 2 nitrogen and oxygen atoms in total. The zero-order chi connectivity index (χ0) is 16.5. The summed E-state index contributed by atoms with van der Waals surface area (Å²) in [6.45, 7) is 3.05. The van der Waals surface area contributed by atoms with Gasteiger partial charge in [-0.3, -0.25) is 9.59 Å². The summed E-state index contributed by atoms with van der Waals surface area (Å²) in [5.41, 5.74) is -0.0301. The number of hydrogen-bond donors (Lipinski definition) is 0. The Morgan fingerprint density at radius 2 is 1.50 bits per heavy atom. The summed E-state index contributed by atoms with van der Waals surface area (Å²) in [4.78, 5) is 24.0. The van der Waals surface area contributed by atoms with Gasteiger partial charge in [0.25, 0.3) is 0 Å². The van der Waals surface area contributed by atoms with Crippen molar-refractivity contribution in [3.05, 3.63) is 70.3 Å². The number of carbonyl (C=O) groups is 2. The molecular weight excluding hydrogens is 293 g/mol. The van der Waals surface area contributed by atoms with Gasteiger partial charge in [0.15, 0.2) is 11.6 Å². The van der Waals surface area contributed by atoms with Crippen LogP contribution < -0.4 is 0 Å². The van der Waals surface area contributed by atoms with Crippen molar-refractivity contribution in [3.63, 3.8) is 0 Å². The molecule has 0 aromatic heterocycles. The Morgan fingerprint density at radius 1 is 0.909 bits per heavy atom. The van der Waals surface area contributed by atoms with E-state index in [-0.39, 0.29) is 16.7 Å². The lowest BCUT2D eigenvalue weighted by Crippen LogP contribution is -2.12. The fourth-order valence-electron chi connectivity index (χ4n) is 2.08. The number of alkyl halides is 3. The van der Waals surface area contributed by atoms with Crippen molar-refractivity contribution in [1.82, 2.24) is 0 Å². The van der Waals surface area contributed by atoms with Crippen molar-refractivity contribution in [1.29, 1.82) is 0 Å². The van der Waals surface area contributed by atoms with Crippen molar-refractivity contribution in [3.8, 4) is 0 Å². The molecule has 0 fully saturated rings. The number of ketones is 2. The van der Waals surface area contributed by atoms with Gasteiger partial charge < -0.3 is 0 Å². The molecule has 0 saturated carbocycles. The van der Waals surface area contributed by atoms with Gasteiger partial charge in [0.1, 0.15) is 0 Å². The van der Waals surface area contributed by atoms with Gasteiger partial charge in [-0.2, -0.15) is 13.2 Å². The predicted octanol–water partition coefficient (Wildman–Crippen LogP) is 4.45. The van der Waals surface area contributed by atoms with Crippen molar-refractivity contribution in [2.24, 2.45) is 0 Å². The maximum Gasteiger partial charge on any atom is 0.416 e. The van der Waals surface area contributed by atoms with Crippen LogP contribution in [0.5, 0.6) is 0 Å². The average Bonchev–Trinajstić information content (AvgIpc) is 2.45. The molecule has 0 radical (unpaired) electrons. The van der Waals surface area contributed by atoms with Gasteiger partial charge in [0.05, 0.1) is 5.56 Å². The molecule has 0 atom stereocenters. The molecule has 0 saturated heterocycles. The number of aryl methyl sites for hydroxylation is 1. The molecule has 0 N–H and O–H groups in total. The third kappa shape index (κ3) is 3.24. The molecule has 0 heterocycles. The molecule has 0 unspecified atom stereocenters. The number of Topliss-reactive ketones (excluding diaryl/α,β-unsaturated/α-hetero) is 1. The highest BCUT2D eigenvalue weighted by Crippen LogP contribution is 2.31. The molecule has 114 valence electrons. The van der Waals surface area contributed by atoms with Gasteiger partial charge in [0.2, 0.25) is 0 Å². The molecule has 2 aromatic rings. The van der Waals surface area contributed by atoms with Crippen LogP contribution in [0.4, 0.5) is 13.2 Å². The minimum absolute atomic E-state index is 0.0152. The Balaban J connectivity index is 2.58. The van der Waals surface area contributed by atoms with Gasteiger partial charge >= 0.3 is 6.18 Å². The first-order valence-corrected chi connectivity index (χ1v) is 6.53. The first kappa shape index (κ1) is 15.9. The lowest BCUT2D eigenvalue weighted by atomic mass is 9.94. The van der Waals surface area contributed by atoms with Crippen LogP contribution in [0.1, 0.15) is 44.3 Å². The number of hydrogen-bond acceptors (Lipinski definition) is 2. The second-order valence-electron chi connectivity index (χ2n) is 5.01. The standard InChI is InChI=1S/C17H13F3O2/c1-10-3-5-12(6-4-10)16(22)15-9-13(17(18,19)20)7-8-14(15)11(2)21/h3-9H,1-2H3. The van der Waals surface area contributed by atoms with E-state index in [1.807, 2.05) is 6.92 Å². The van der Waals surface area contributed by atoms with E-state index in [0.717, 1.165) is 23.8 Å². The van der Waals surface area contributed by atoms with Crippen LogP contribution in [0.2, 0.25) is 0 Å². The fourth-order valence-corrected chi connectivity index (χ4v) is 2.08. The SMILES string of the molecule is CC(=O)c1ccc(C(F)(F)F)cc1C(=O)c1ccc(C)cc1. The van der Waals surface area contributed by atoms with Gasteiger partial charge in [-0.15, -0.1) is 0 Å². The summed E-state index contributed by atoms with van der Waals surface area (Å²) in [7, 11) is 0. The molecule has 0 aliphatic carbocycles. The summed E-state index contributed by atoms with van der Waals surface area (Å²) in [5.74, 6) is -1.06. The minimum atomic E-state index is -4.57. The number of rotatable bonds is 3. The van der Waals surface area contributed by atoms with Crippen LogP contribution in [-0.2, 0) is 6.18 Å². The van der Waals surface area contributed by atoms with Crippen LogP contribution in [0.25, 0.3) is 0 Å². The predicted molar refractivity (Wildman–Crippen MR) is 76.1 cm³/mol. The Bertz CT molecular complexity index is 729. The molecule has 0 bridgehead atoms. The van der Waals surface area contributed by atoms with E-state index < -0.39 is 23.3 Å². The second kappa shape index (κ2) is 5.75. The van der Waals surface area contributed by atoms with Crippen LogP contribution in [0.3, 0.4) is 0 Å². The average molecular weight is 306 g/mol. The summed E-state index contributed by atoms with van der Waals surface area (Å²) < 4.78 is 38.5. The highest BCUT2D eigenvalue weighted by molar-refractivity contribution is 6.15. The zero-order valence-electron chi connectivity index (χ0n) is 12.0. The second-order valence-corrected chi connectivity index (χ2v) is 5.01. The van der Waals surface area contributed by atoms with E-state index in [2.05, 4.69) is 0 Å². The van der Waals surface area contributed by atoms with Crippen molar-refractivity contribution in [2.45, 2.75) is 20.0 Å². The van der Waals surface area contributed by atoms with Gasteiger partial charge in [-0.05, 0) is 26.0 Å². The van der Waals surface area contributed by atoms with E-state index in [1.54, 1.807) is 12.1 Å². The molecule has 0 aliphatic rings. The third-order valence-electron chi connectivity index (χ3n) is 3.28. The Hall–Kier alpha value is -2.43. The quantitative estimate of drug-likeness (QED) is 0.785. The summed E-state index contributed by atoms with van der Waals surface area (Å²) >= 11 is 0. The van der Waals surface area contributed by atoms with E-state index in [0.29, 0.717) is 0 Å². The molecule has 5 heteroatoms. The zero-order valence-corrected chi connectivity index (χ0v) is 12.0. The highest BCUT2D eigenvalue weighted by atomic mass is 19.4. The van der Waals surface area contributed by atoms with Gasteiger partial charge in [-0.1, -0.05) is 35.9 Å². The summed E-state index contributed by atoms with van der Waals surface area (Å²) in [6, 6.07) is 9.03. The number of carbonyl (C=O) groups excluding carboxylic acids is 2. The van der Waals surface area contributed by atoms with Crippen LogP contribution in [0.15, 0.2) is 42.5 Å². The Labute approximate surface area is 125 Å². The fraction of sp³-hybridized carbons (Fsp3) is 0.176. The molecule has 2 aromatic carbocycles. The van der Waals surface area contributed by atoms with E-state index >= 15 is 0 Å².